The van der Waals surface area contributed by atoms with Gasteiger partial charge in [0, 0.05) is 13.0 Å². The predicted molar refractivity (Wildman–Crippen MR) is 48.4 cm³/mol. The average Bonchev–Trinajstić information content (AvgIpc) is 2.48. The summed E-state index contributed by atoms with van der Waals surface area (Å²) in [5, 5.41) is 0. The van der Waals surface area contributed by atoms with E-state index in [0.29, 0.717) is 0 Å². The van der Waals surface area contributed by atoms with Gasteiger partial charge in [-0.15, -0.1) is 0 Å². The van der Waals surface area contributed by atoms with Crippen LogP contribution in [0.25, 0.3) is 0 Å². The average molecular weight is 222 g/mol. The van der Waals surface area contributed by atoms with Crippen LogP contribution in [-0.4, -0.2) is 11.5 Å². The fourth-order valence-electron chi connectivity index (χ4n) is 1.20. The topological polar surface area (TPSA) is 52.0 Å². The van der Waals surface area contributed by atoms with Crippen molar-refractivity contribution in [1.29, 1.82) is 0 Å². The Hall–Kier alpha value is -1.04. The second-order valence-electron chi connectivity index (χ2n) is 3.51. The number of hydrogen-bond acceptors (Lipinski definition) is 3. The Morgan fingerprint density at radius 1 is 1.40 bits per heavy atom. The number of nitrogens with two attached hydrogens (primary N) is 1. The van der Waals surface area contributed by atoms with Gasteiger partial charge in [0.05, 0.1) is 5.69 Å². The maximum absolute atomic E-state index is 12.5. The Balaban J connectivity index is 3.12. The second-order valence-corrected chi connectivity index (χ2v) is 3.51. The van der Waals surface area contributed by atoms with Gasteiger partial charge in [-0.05, 0) is 5.92 Å². The number of hydrogen-bond donors (Lipinski definition) is 1. The van der Waals surface area contributed by atoms with Crippen molar-refractivity contribution in [1.82, 2.24) is 4.98 Å². The first-order chi connectivity index (χ1) is 6.86. The smallest absolute Gasteiger partial charge is 0.436 e. The van der Waals surface area contributed by atoms with Crippen LogP contribution in [-0.2, 0) is 12.6 Å². The van der Waals surface area contributed by atoms with Crippen LogP contribution >= 0.6 is 0 Å². The van der Waals surface area contributed by atoms with E-state index in [-0.39, 0.29) is 30.5 Å². The van der Waals surface area contributed by atoms with Crippen molar-refractivity contribution >= 4 is 0 Å². The van der Waals surface area contributed by atoms with Crippen molar-refractivity contribution in [3.63, 3.8) is 0 Å². The van der Waals surface area contributed by atoms with Gasteiger partial charge in [-0.2, -0.15) is 13.2 Å². The Morgan fingerprint density at radius 3 is 2.33 bits per heavy atom. The van der Waals surface area contributed by atoms with E-state index in [0.717, 1.165) is 0 Å². The van der Waals surface area contributed by atoms with Crippen LogP contribution in [0, 0.1) is 0 Å². The predicted octanol–water partition coefficient (Wildman–Crippen LogP) is 2.32. The summed E-state index contributed by atoms with van der Waals surface area (Å²) < 4.78 is 42.2. The summed E-state index contributed by atoms with van der Waals surface area (Å²) in [5.41, 5.74) is 5.17. The SMILES string of the molecule is CC(C)c1nc(CCN)oc1C(F)(F)F. The molecule has 0 unspecified atom stereocenters. The van der Waals surface area contributed by atoms with Gasteiger partial charge in [0.25, 0.3) is 0 Å². The molecule has 1 aromatic heterocycles. The zero-order valence-corrected chi connectivity index (χ0v) is 8.56. The summed E-state index contributed by atoms with van der Waals surface area (Å²) in [4.78, 5) is 3.80. The van der Waals surface area contributed by atoms with Gasteiger partial charge in [0.15, 0.2) is 5.89 Å². The Labute approximate surface area is 85.5 Å². The van der Waals surface area contributed by atoms with E-state index in [1.807, 2.05) is 0 Å². The molecular weight excluding hydrogens is 209 g/mol. The molecule has 1 rings (SSSR count). The van der Waals surface area contributed by atoms with Gasteiger partial charge < -0.3 is 10.2 Å². The van der Waals surface area contributed by atoms with Crippen LogP contribution < -0.4 is 5.73 Å². The highest BCUT2D eigenvalue weighted by Gasteiger charge is 2.39. The second kappa shape index (κ2) is 4.22. The molecule has 0 aromatic carbocycles. The summed E-state index contributed by atoms with van der Waals surface area (Å²) in [6.07, 6.45) is -4.27. The number of alkyl halides is 3. The molecular formula is C9H13F3N2O. The highest BCUT2D eigenvalue weighted by atomic mass is 19.4. The van der Waals surface area contributed by atoms with E-state index in [4.69, 9.17) is 5.73 Å². The lowest BCUT2D eigenvalue weighted by atomic mass is 10.1. The Kier molecular flexibility index (Phi) is 3.38. The zero-order valence-electron chi connectivity index (χ0n) is 8.56. The Morgan fingerprint density at radius 2 is 2.00 bits per heavy atom. The molecule has 0 aliphatic rings. The van der Waals surface area contributed by atoms with E-state index in [1.54, 1.807) is 13.8 Å². The fraction of sp³-hybridized carbons (Fsp3) is 0.667. The van der Waals surface area contributed by atoms with Crippen LogP contribution in [0.3, 0.4) is 0 Å². The molecule has 0 bridgehead atoms. The maximum Gasteiger partial charge on any atom is 0.451 e. The number of nitrogens with zero attached hydrogens (tertiary/aromatic N) is 1. The molecule has 2 N–H and O–H groups in total. The van der Waals surface area contributed by atoms with Crippen molar-refractivity contribution in [3.8, 4) is 0 Å². The molecule has 1 heterocycles. The molecule has 86 valence electrons. The van der Waals surface area contributed by atoms with E-state index < -0.39 is 11.9 Å². The lowest BCUT2D eigenvalue weighted by molar-refractivity contribution is -0.154. The molecule has 15 heavy (non-hydrogen) atoms. The van der Waals surface area contributed by atoms with Crippen LogP contribution in [0.4, 0.5) is 13.2 Å². The van der Waals surface area contributed by atoms with Crippen LogP contribution in [0.5, 0.6) is 0 Å². The van der Waals surface area contributed by atoms with E-state index in [9.17, 15) is 13.2 Å². The molecule has 0 aliphatic heterocycles. The third-order valence-electron chi connectivity index (χ3n) is 1.86. The molecule has 0 spiro atoms. The summed E-state index contributed by atoms with van der Waals surface area (Å²) in [6.45, 7) is 3.49. The highest BCUT2D eigenvalue weighted by molar-refractivity contribution is 5.17. The van der Waals surface area contributed by atoms with E-state index in [2.05, 4.69) is 9.40 Å². The third kappa shape index (κ3) is 2.71. The number of halogens is 3. The zero-order chi connectivity index (χ0) is 11.6. The van der Waals surface area contributed by atoms with Gasteiger partial charge in [0.1, 0.15) is 0 Å². The summed E-state index contributed by atoms with van der Waals surface area (Å²) >= 11 is 0. The van der Waals surface area contributed by atoms with Gasteiger partial charge in [-0.25, -0.2) is 4.98 Å². The third-order valence-corrected chi connectivity index (χ3v) is 1.86. The highest BCUT2D eigenvalue weighted by Crippen LogP contribution is 2.35. The monoisotopic (exact) mass is 222 g/mol. The van der Waals surface area contributed by atoms with Crippen molar-refractivity contribution in [2.24, 2.45) is 5.73 Å². The molecule has 1 aromatic rings. The summed E-state index contributed by atoms with van der Waals surface area (Å²) in [6, 6.07) is 0. The van der Waals surface area contributed by atoms with E-state index in [1.165, 1.54) is 0 Å². The minimum atomic E-state index is -4.49. The van der Waals surface area contributed by atoms with E-state index >= 15 is 0 Å². The largest absolute Gasteiger partial charge is 0.451 e. The molecule has 6 heteroatoms. The fourth-order valence-corrected chi connectivity index (χ4v) is 1.20. The van der Waals surface area contributed by atoms with Crippen molar-refractivity contribution in [3.05, 3.63) is 17.3 Å². The summed E-state index contributed by atoms with van der Waals surface area (Å²) in [5.74, 6) is -1.27. The molecule has 0 radical (unpaired) electrons. The quantitative estimate of drug-likeness (QED) is 0.853. The number of oxazole rings is 1. The first-order valence-corrected chi connectivity index (χ1v) is 4.63. The molecule has 0 fully saturated rings. The molecule has 3 nitrogen and oxygen atoms in total. The normalized spacial score (nSPS) is 12.5. The van der Waals surface area contributed by atoms with Gasteiger partial charge in [-0.3, -0.25) is 0 Å². The van der Waals surface area contributed by atoms with Gasteiger partial charge >= 0.3 is 6.18 Å². The van der Waals surface area contributed by atoms with Crippen LogP contribution in [0.1, 0.15) is 37.1 Å². The van der Waals surface area contributed by atoms with Crippen LogP contribution in [0.2, 0.25) is 0 Å². The van der Waals surface area contributed by atoms with Crippen molar-refractivity contribution in [2.45, 2.75) is 32.4 Å². The lowest BCUT2D eigenvalue weighted by Gasteiger charge is -2.06. The summed E-state index contributed by atoms with van der Waals surface area (Å²) in [7, 11) is 0. The number of rotatable bonds is 3. The number of aromatic nitrogens is 1. The standard InChI is InChI=1S/C9H13F3N2O/c1-5(2)7-8(9(10,11)12)15-6(14-7)3-4-13/h5H,3-4,13H2,1-2H3. The lowest BCUT2D eigenvalue weighted by Crippen LogP contribution is -2.08. The Bertz CT molecular complexity index is 331. The van der Waals surface area contributed by atoms with Crippen molar-refractivity contribution < 1.29 is 17.6 Å². The van der Waals surface area contributed by atoms with Crippen LogP contribution in [0.15, 0.2) is 4.42 Å². The van der Waals surface area contributed by atoms with Gasteiger partial charge in [-0.1, -0.05) is 13.8 Å². The molecule has 0 saturated heterocycles. The molecule has 0 atom stereocenters. The minimum absolute atomic E-state index is 0.0496. The first kappa shape index (κ1) is 12.0. The minimum Gasteiger partial charge on any atom is -0.436 e. The van der Waals surface area contributed by atoms with Gasteiger partial charge in [0.2, 0.25) is 5.76 Å². The molecule has 0 aliphatic carbocycles. The van der Waals surface area contributed by atoms with Crippen molar-refractivity contribution in [2.75, 3.05) is 6.54 Å². The molecule has 0 amide bonds. The maximum atomic E-state index is 12.5. The molecule has 0 saturated carbocycles. The first-order valence-electron chi connectivity index (χ1n) is 4.63.